The number of hydrogen-bond acceptors (Lipinski definition) is 7. The molecule has 2 aromatic carbocycles. The standard InChI is InChI=1S/C16H16N4O5/c1-25-14-5-2-12(3-6-14)17-10-16(22)19-18-9-11-8-13(20(23)24)4-7-15(11)21/h2-9,17,21H,10H2,1H3,(H,19,22)/p-1/b18-9-. The average Bonchev–Trinajstić information content (AvgIpc) is 2.61. The maximum absolute atomic E-state index is 11.7. The highest BCUT2D eigenvalue weighted by Gasteiger charge is 2.05. The molecule has 0 heterocycles. The summed E-state index contributed by atoms with van der Waals surface area (Å²) in [7, 11) is 1.56. The Morgan fingerprint density at radius 2 is 2.00 bits per heavy atom. The highest BCUT2D eigenvalue weighted by Crippen LogP contribution is 2.19. The van der Waals surface area contributed by atoms with Gasteiger partial charge in [-0.1, -0.05) is 11.8 Å². The zero-order valence-corrected chi connectivity index (χ0v) is 13.3. The van der Waals surface area contributed by atoms with Gasteiger partial charge in [0.2, 0.25) is 0 Å². The second-order valence-corrected chi connectivity index (χ2v) is 4.85. The van der Waals surface area contributed by atoms with Crippen molar-refractivity contribution in [2.45, 2.75) is 0 Å². The summed E-state index contributed by atoms with van der Waals surface area (Å²) < 4.78 is 5.03. The summed E-state index contributed by atoms with van der Waals surface area (Å²) in [4.78, 5) is 21.8. The van der Waals surface area contributed by atoms with Crippen LogP contribution in [0.25, 0.3) is 0 Å². The Labute approximate surface area is 143 Å². The van der Waals surface area contributed by atoms with Crippen molar-refractivity contribution in [1.82, 2.24) is 5.43 Å². The predicted molar refractivity (Wildman–Crippen MR) is 89.8 cm³/mol. The molecule has 0 spiro atoms. The predicted octanol–water partition coefficient (Wildman–Crippen LogP) is 1.24. The van der Waals surface area contributed by atoms with E-state index in [1.54, 1.807) is 31.4 Å². The first-order valence-corrected chi connectivity index (χ1v) is 7.15. The average molecular weight is 343 g/mol. The van der Waals surface area contributed by atoms with Crippen molar-refractivity contribution < 1.29 is 19.6 Å². The van der Waals surface area contributed by atoms with Crippen LogP contribution in [0.2, 0.25) is 0 Å². The summed E-state index contributed by atoms with van der Waals surface area (Å²) in [6.07, 6.45) is 1.07. The minimum Gasteiger partial charge on any atom is -0.872 e. The SMILES string of the molecule is COc1ccc(NCC(=O)N/N=C\c2cc([N+](=O)[O-])ccc2[O-])cc1. The van der Waals surface area contributed by atoms with Crippen molar-refractivity contribution >= 4 is 23.5 Å². The van der Waals surface area contributed by atoms with E-state index in [1.165, 1.54) is 0 Å². The first-order chi connectivity index (χ1) is 12.0. The summed E-state index contributed by atoms with van der Waals surface area (Å²) in [6, 6.07) is 10.3. The normalized spacial score (nSPS) is 10.4. The fraction of sp³-hybridized carbons (Fsp3) is 0.125. The van der Waals surface area contributed by atoms with Gasteiger partial charge in [0, 0.05) is 17.8 Å². The van der Waals surface area contributed by atoms with Crippen LogP contribution in [0.15, 0.2) is 47.6 Å². The van der Waals surface area contributed by atoms with E-state index in [0.717, 1.165) is 30.1 Å². The second kappa shape index (κ2) is 8.29. The third-order valence-electron chi connectivity index (χ3n) is 3.14. The molecule has 0 saturated carbocycles. The summed E-state index contributed by atoms with van der Waals surface area (Å²) >= 11 is 0. The van der Waals surface area contributed by atoms with Gasteiger partial charge in [-0.05, 0) is 29.8 Å². The van der Waals surface area contributed by atoms with Crippen LogP contribution in [0.3, 0.4) is 0 Å². The molecule has 2 rings (SSSR count). The Kier molecular flexibility index (Phi) is 5.88. The van der Waals surface area contributed by atoms with Gasteiger partial charge in [0.1, 0.15) is 5.75 Å². The van der Waals surface area contributed by atoms with Crippen molar-refractivity contribution in [2.75, 3.05) is 19.0 Å². The van der Waals surface area contributed by atoms with Crippen LogP contribution in [-0.2, 0) is 4.79 Å². The summed E-state index contributed by atoms with van der Waals surface area (Å²) in [5.41, 5.74) is 2.74. The van der Waals surface area contributed by atoms with E-state index < -0.39 is 16.6 Å². The molecule has 0 radical (unpaired) electrons. The molecule has 130 valence electrons. The molecule has 0 unspecified atom stereocenters. The van der Waals surface area contributed by atoms with Crippen LogP contribution < -0.4 is 20.6 Å². The summed E-state index contributed by atoms with van der Waals surface area (Å²) in [6.45, 7) is -0.0389. The molecule has 0 fully saturated rings. The molecule has 25 heavy (non-hydrogen) atoms. The minimum atomic E-state index is -0.617. The first kappa shape index (κ1) is 17.7. The third kappa shape index (κ3) is 5.20. The number of carbonyl (C=O) groups is 1. The van der Waals surface area contributed by atoms with Gasteiger partial charge in [-0.2, -0.15) is 5.10 Å². The highest BCUT2D eigenvalue weighted by molar-refractivity contribution is 5.86. The number of carbonyl (C=O) groups excluding carboxylic acids is 1. The fourth-order valence-corrected chi connectivity index (χ4v) is 1.85. The van der Waals surface area contributed by atoms with Gasteiger partial charge in [0.25, 0.3) is 11.6 Å². The molecule has 0 aromatic heterocycles. The van der Waals surface area contributed by atoms with Gasteiger partial charge in [-0.15, -0.1) is 0 Å². The molecule has 0 aliphatic carbocycles. The van der Waals surface area contributed by atoms with E-state index in [-0.39, 0.29) is 17.8 Å². The van der Waals surface area contributed by atoms with Crippen molar-refractivity contribution in [3.63, 3.8) is 0 Å². The fourth-order valence-electron chi connectivity index (χ4n) is 1.85. The van der Waals surface area contributed by atoms with Crippen LogP contribution in [0.5, 0.6) is 11.5 Å². The third-order valence-corrected chi connectivity index (χ3v) is 3.14. The monoisotopic (exact) mass is 343 g/mol. The van der Waals surface area contributed by atoms with Gasteiger partial charge < -0.3 is 15.2 Å². The van der Waals surface area contributed by atoms with Crippen LogP contribution in [0, 0.1) is 10.1 Å². The zero-order valence-electron chi connectivity index (χ0n) is 13.3. The number of methoxy groups -OCH3 is 1. The van der Waals surface area contributed by atoms with E-state index in [1.807, 2.05) is 0 Å². The number of amides is 1. The highest BCUT2D eigenvalue weighted by atomic mass is 16.6. The lowest BCUT2D eigenvalue weighted by Crippen LogP contribution is -2.25. The van der Waals surface area contributed by atoms with Crippen LogP contribution in [0.4, 0.5) is 11.4 Å². The number of non-ortho nitro benzene ring substituents is 1. The van der Waals surface area contributed by atoms with Crippen LogP contribution in [-0.4, -0.2) is 30.7 Å². The smallest absolute Gasteiger partial charge is 0.270 e. The molecule has 0 aliphatic rings. The number of hydrogen-bond donors (Lipinski definition) is 2. The van der Waals surface area contributed by atoms with E-state index in [2.05, 4.69) is 15.8 Å². The molecule has 0 bridgehead atoms. The molecule has 9 heteroatoms. The van der Waals surface area contributed by atoms with Crippen molar-refractivity contribution in [1.29, 1.82) is 0 Å². The largest absolute Gasteiger partial charge is 0.872 e. The van der Waals surface area contributed by atoms with Gasteiger partial charge in [0.05, 0.1) is 24.8 Å². The lowest BCUT2D eigenvalue weighted by molar-refractivity contribution is -0.385. The molecule has 2 N–H and O–H groups in total. The zero-order chi connectivity index (χ0) is 18.2. The van der Waals surface area contributed by atoms with Crippen molar-refractivity contribution in [3.05, 3.63) is 58.1 Å². The Morgan fingerprint density at radius 1 is 1.28 bits per heavy atom. The molecule has 2 aromatic rings. The van der Waals surface area contributed by atoms with E-state index in [4.69, 9.17) is 4.74 Å². The lowest BCUT2D eigenvalue weighted by atomic mass is 10.2. The van der Waals surface area contributed by atoms with Crippen LogP contribution >= 0.6 is 0 Å². The van der Waals surface area contributed by atoms with Gasteiger partial charge in [-0.25, -0.2) is 5.43 Å². The van der Waals surface area contributed by atoms with E-state index >= 15 is 0 Å². The summed E-state index contributed by atoms with van der Waals surface area (Å²) in [5, 5.41) is 28.8. The lowest BCUT2D eigenvalue weighted by Gasteiger charge is -2.09. The Morgan fingerprint density at radius 3 is 2.64 bits per heavy atom. The van der Waals surface area contributed by atoms with Crippen molar-refractivity contribution in [3.8, 4) is 11.5 Å². The van der Waals surface area contributed by atoms with E-state index in [0.29, 0.717) is 5.75 Å². The molecular formula is C16H15N4O5-. The molecule has 0 saturated heterocycles. The quantitative estimate of drug-likeness (QED) is 0.442. The number of nitro groups is 1. The van der Waals surface area contributed by atoms with Gasteiger partial charge >= 0.3 is 0 Å². The first-order valence-electron chi connectivity index (χ1n) is 7.15. The minimum absolute atomic E-state index is 0.0117. The molecule has 0 aliphatic heterocycles. The number of hydrazone groups is 1. The maximum Gasteiger partial charge on any atom is 0.270 e. The number of ether oxygens (including phenoxy) is 1. The van der Waals surface area contributed by atoms with Crippen LogP contribution in [0.1, 0.15) is 5.56 Å². The maximum atomic E-state index is 11.7. The van der Waals surface area contributed by atoms with Crippen molar-refractivity contribution in [2.24, 2.45) is 5.10 Å². The Hall–Kier alpha value is -3.62. The molecule has 1 amide bonds. The molecular weight excluding hydrogens is 328 g/mol. The molecule has 9 nitrogen and oxygen atoms in total. The van der Waals surface area contributed by atoms with E-state index in [9.17, 15) is 20.0 Å². The number of nitro benzene ring substituents is 1. The number of anilines is 1. The number of rotatable bonds is 7. The molecule has 0 atom stereocenters. The van der Waals surface area contributed by atoms with Gasteiger partial charge in [0.15, 0.2) is 0 Å². The number of nitrogens with zero attached hydrogens (tertiary/aromatic N) is 2. The Balaban J connectivity index is 1.87. The second-order valence-electron chi connectivity index (χ2n) is 4.85. The van der Waals surface area contributed by atoms with Gasteiger partial charge in [-0.3, -0.25) is 14.9 Å². The Bertz CT molecular complexity index is 790. The number of nitrogens with one attached hydrogen (secondary N) is 2. The topological polar surface area (TPSA) is 129 Å². The summed E-state index contributed by atoms with van der Waals surface area (Å²) in [5.74, 6) is -0.171. The number of benzene rings is 2.